The number of nitrogens with two attached hydrogens (primary N) is 1. The fourth-order valence-corrected chi connectivity index (χ4v) is 1.79. The van der Waals surface area contributed by atoms with Crippen molar-refractivity contribution in [3.8, 4) is 0 Å². The summed E-state index contributed by atoms with van der Waals surface area (Å²) in [5, 5.41) is 3.40. The Morgan fingerprint density at radius 3 is 2.70 bits per heavy atom. The Hall–Kier alpha value is -0.120. The van der Waals surface area contributed by atoms with Gasteiger partial charge in [-0.25, -0.2) is 0 Å². The van der Waals surface area contributed by atoms with Crippen molar-refractivity contribution in [2.24, 2.45) is 17.6 Å². The van der Waals surface area contributed by atoms with Gasteiger partial charge in [0, 0.05) is 31.0 Å². The maximum absolute atomic E-state index is 5.36. The number of fused-ring (bicyclic) bond motifs is 1. The predicted octanol–water partition coefficient (Wildman–Crippen LogP) is -0.821. The van der Waals surface area contributed by atoms with Crippen molar-refractivity contribution in [3.05, 3.63) is 0 Å². The van der Waals surface area contributed by atoms with Gasteiger partial charge in [0.15, 0.2) is 0 Å². The molecule has 2 unspecified atom stereocenters. The lowest BCUT2D eigenvalue weighted by molar-refractivity contribution is 0.156. The topological polar surface area (TPSA) is 47.3 Å². The highest BCUT2D eigenvalue weighted by Gasteiger charge is 2.53. The van der Waals surface area contributed by atoms with Crippen LogP contribution in [-0.2, 0) is 4.74 Å². The predicted molar refractivity (Wildman–Crippen MR) is 38.6 cm³/mol. The summed E-state index contributed by atoms with van der Waals surface area (Å²) in [5.74, 6) is 1.62. The monoisotopic (exact) mass is 142 g/mol. The van der Waals surface area contributed by atoms with Crippen molar-refractivity contribution in [2.45, 2.75) is 6.04 Å². The first kappa shape index (κ1) is 6.58. The Kier molecular flexibility index (Phi) is 1.64. The molecule has 2 atom stereocenters. The highest BCUT2D eigenvalue weighted by atomic mass is 16.5. The average Bonchev–Trinajstić information content (AvgIpc) is 2.46. The van der Waals surface area contributed by atoms with Crippen molar-refractivity contribution < 1.29 is 4.74 Å². The van der Waals surface area contributed by atoms with Crippen molar-refractivity contribution in [1.82, 2.24) is 5.32 Å². The molecule has 10 heavy (non-hydrogen) atoms. The molecule has 2 fully saturated rings. The summed E-state index contributed by atoms with van der Waals surface area (Å²) in [6.45, 7) is 3.63. The van der Waals surface area contributed by atoms with Gasteiger partial charge in [0.05, 0.1) is 13.2 Å². The van der Waals surface area contributed by atoms with Crippen LogP contribution in [0, 0.1) is 11.8 Å². The standard InChI is InChI=1S/C7H14N2O/c8-1-2-9-7-5-3-10-4-6(5)7/h5-7,9H,1-4,8H2. The van der Waals surface area contributed by atoms with Gasteiger partial charge in [-0.15, -0.1) is 0 Å². The lowest BCUT2D eigenvalue weighted by atomic mass is 10.4. The van der Waals surface area contributed by atoms with Crippen LogP contribution in [0.25, 0.3) is 0 Å². The lowest BCUT2D eigenvalue weighted by Crippen LogP contribution is -2.28. The molecule has 0 radical (unpaired) electrons. The Balaban J connectivity index is 1.69. The molecule has 1 aliphatic carbocycles. The minimum absolute atomic E-state index is 0.734. The maximum atomic E-state index is 5.36. The van der Waals surface area contributed by atoms with E-state index in [-0.39, 0.29) is 0 Å². The summed E-state index contributed by atoms with van der Waals surface area (Å²) in [4.78, 5) is 0. The Morgan fingerprint density at radius 1 is 1.40 bits per heavy atom. The minimum Gasteiger partial charge on any atom is -0.381 e. The highest BCUT2D eigenvalue weighted by molar-refractivity contribution is 5.05. The zero-order chi connectivity index (χ0) is 6.97. The van der Waals surface area contributed by atoms with Crippen LogP contribution in [0.1, 0.15) is 0 Å². The van der Waals surface area contributed by atoms with Gasteiger partial charge in [0.2, 0.25) is 0 Å². The molecule has 1 saturated heterocycles. The first-order valence-electron chi connectivity index (χ1n) is 3.94. The zero-order valence-corrected chi connectivity index (χ0v) is 6.05. The summed E-state index contributed by atoms with van der Waals surface area (Å²) in [6, 6.07) is 0.734. The SMILES string of the molecule is NCCNC1C2COCC21. The van der Waals surface area contributed by atoms with E-state index in [4.69, 9.17) is 10.5 Å². The maximum Gasteiger partial charge on any atom is 0.0513 e. The summed E-state index contributed by atoms with van der Waals surface area (Å²) in [6.07, 6.45) is 0. The number of nitrogens with one attached hydrogen (secondary N) is 1. The van der Waals surface area contributed by atoms with Gasteiger partial charge in [-0.2, -0.15) is 0 Å². The van der Waals surface area contributed by atoms with Gasteiger partial charge in [0.25, 0.3) is 0 Å². The Bertz CT molecular complexity index is 119. The Labute approximate surface area is 60.9 Å². The third-order valence-electron chi connectivity index (χ3n) is 2.48. The molecular formula is C7H14N2O. The molecule has 1 aliphatic heterocycles. The van der Waals surface area contributed by atoms with E-state index in [1.165, 1.54) is 0 Å². The normalized spacial score (nSPS) is 43.5. The minimum atomic E-state index is 0.734. The van der Waals surface area contributed by atoms with E-state index in [9.17, 15) is 0 Å². The van der Waals surface area contributed by atoms with E-state index in [1.54, 1.807) is 0 Å². The van der Waals surface area contributed by atoms with E-state index >= 15 is 0 Å². The van der Waals surface area contributed by atoms with Crippen molar-refractivity contribution in [1.29, 1.82) is 0 Å². The molecular weight excluding hydrogens is 128 g/mol. The van der Waals surface area contributed by atoms with Gasteiger partial charge < -0.3 is 15.8 Å². The van der Waals surface area contributed by atoms with Gasteiger partial charge in [-0.1, -0.05) is 0 Å². The summed E-state index contributed by atoms with van der Waals surface area (Å²) in [5.41, 5.74) is 5.36. The summed E-state index contributed by atoms with van der Waals surface area (Å²) < 4.78 is 5.25. The molecule has 0 amide bonds. The molecule has 1 saturated carbocycles. The fraction of sp³-hybridized carbons (Fsp3) is 1.00. The largest absolute Gasteiger partial charge is 0.381 e. The average molecular weight is 142 g/mol. The van der Waals surface area contributed by atoms with Crippen molar-refractivity contribution in [3.63, 3.8) is 0 Å². The van der Waals surface area contributed by atoms with E-state index in [0.717, 1.165) is 44.2 Å². The molecule has 0 spiro atoms. The molecule has 3 N–H and O–H groups in total. The van der Waals surface area contributed by atoms with E-state index in [1.807, 2.05) is 0 Å². The summed E-state index contributed by atoms with van der Waals surface area (Å²) >= 11 is 0. The van der Waals surface area contributed by atoms with Crippen LogP contribution >= 0.6 is 0 Å². The fourth-order valence-electron chi connectivity index (χ4n) is 1.79. The second kappa shape index (κ2) is 2.49. The molecule has 3 nitrogen and oxygen atoms in total. The van der Waals surface area contributed by atoms with E-state index < -0.39 is 0 Å². The van der Waals surface area contributed by atoms with Gasteiger partial charge in [0.1, 0.15) is 0 Å². The molecule has 0 bridgehead atoms. The molecule has 2 aliphatic rings. The second-order valence-electron chi connectivity index (χ2n) is 3.13. The third kappa shape index (κ3) is 0.944. The lowest BCUT2D eigenvalue weighted by Gasteiger charge is -2.04. The number of rotatable bonds is 3. The molecule has 0 aromatic carbocycles. The van der Waals surface area contributed by atoms with Crippen LogP contribution in [0.4, 0.5) is 0 Å². The second-order valence-corrected chi connectivity index (χ2v) is 3.13. The molecule has 2 rings (SSSR count). The van der Waals surface area contributed by atoms with Crippen LogP contribution in [-0.4, -0.2) is 32.3 Å². The number of hydrogen-bond donors (Lipinski definition) is 2. The molecule has 0 aromatic rings. The smallest absolute Gasteiger partial charge is 0.0513 e. The van der Waals surface area contributed by atoms with Gasteiger partial charge >= 0.3 is 0 Å². The molecule has 0 aromatic heterocycles. The molecule has 1 heterocycles. The quantitative estimate of drug-likeness (QED) is 0.541. The van der Waals surface area contributed by atoms with E-state index in [0.29, 0.717) is 0 Å². The number of ether oxygens (including phenoxy) is 1. The van der Waals surface area contributed by atoms with E-state index in [2.05, 4.69) is 5.32 Å². The first-order valence-corrected chi connectivity index (χ1v) is 3.94. The molecule has 58 valence electrons. The van der Waals surface area contributed by atoms with Crippen LogP contribution in [0.3, 0.4) is 0 Å². The van der Waals surface area contributed by atoms with Crippen molar-refractivity contribution >= 4 is 0 Å². The van der Waals surface area contributed by atoms with Crippen LogP contribution < -0.4 is 11.1 Å². The van der Waals surface area contributed by atoms with Crippen LogP contribution in [0.15, 0.2) is 0 Å². The van der Waals surface area contributed by atoms with Crippen LogP contribution in [0.5, 0.6) is 0 Å². The summed E-state index contributed by atoms with van der Waals surface area (Å²) in [7, 11) is 0. The zero-order valence-electron chi connectivity index (χ0n) is 6.05. The van der Waals surface area contributed by atoms with Crippen molar-refractivity contribution in [2.75, 3.05) is 26.3 Å². The Morgan fingerprint density at radius 2 is 2.10 bits per heavy atom. The first-order chi connectivity index (χ1) is 4.93. The number of hydrogen-bond acceptors (Lipinski definition) is 3. The highest BCUT2D eigenvalue weighted by Crippen LogP contribution is 2.43. The van der Waals surface area contributed by atoms with Crippen LogP contribution in [0.2, 0.25) is 0 Å². The van der Waals surface area contributed by atoms with Gasteiger partial charge in [-0.3, -0.25) is 0 Å². The van der Waals surface area contributed by atoms with Gasteiger partial charge in [-0.05, 0) is 0 Å². The third-order valence-corrected chi connectivity index (χ3v) is 2.48. The molecule has 3 heteroatoms.